The zero-order valence-electron chi connectivity index (χ0n) is 9.65. The molecule has 0 radical (unpaired) electrons. The lowest BCUT2D eigenvalue weighted by molar-refractivity contribution is 0.262. The fourth-order valence-corrected chi connectivity index (χ4v) is 2.04. The van der Waals surface area contributed by atoms with E-state index >= 15 is 0 Å². The van der Waals surface area contributed by atoms with E-state index in [2.05, 4.69) is 15.6 Å². The number of aromatic nitrogens is 1. The zero-order valence-corrected chi connectivity index (χ0v) is 10.5. The number of thiazole rings is 1. The molecular formula is C12H13N3OS. The van der Waals surface area contributed by atoms with E-state index in [1.165, 1.54) is 11.3 Å². The Hall–Kier alpha value is -1.88. The van der Waals surface area contributed by atoms with Crippen LogP contribution in [0.4, 0.5) is 15.6 Å². The molecule has 1 heterocycles. The predicted octanol–water partition coefficient (Wildman–Crippen LogP) is 3.40. The molecule has 0 aliphatic heterocycles. The maximum absolute atomic E-state index is 11.7. The Morgan fingerprint density at radius 2 is 2.00 bits per heavy atom. The van der Waals surface area contributed by atoms with Crippen LogP contribution in [0.5, 0.6) is 0 Å². The molecule has 0 saturated carbocycles. The van der Waals surface area contributed by atoms with E-state index in [9.17, 15) is 4.79 Å². The molecule has 1 aromatic carbocycles. The van der Waals surface area contributed by atoms with Gasteiger partial charge in [0.15, 0.2) is 5.13 Å². The minimum absolute atomic E-state index is 0.270. The lowest BCUT2D eigenvalue weighted by Gasteiger charge is -2.07. The van der Waals surface area contributed by atoms with Crippen LogP contribution in [0.2, 0.25) is 0 Å². The minimum Gasteiger partial charge on any atom is -0.307 e. The van der Waals surface area contributed by atoms with Crippen LogP contribution in [-0.2, 0) is 0 Å². The third-order valence-corrected chi connectivity index (χ3v) is 3.06. The Balaban J connectivity index is 2.01. The Bertz CT molecular complexity index is 536. The van der Waals surface area contributed by atoms with Gasteiger partial charge in [0.25, 0.3) is 0 Å². The van der Waals surface area contributed by atoms with Crippen LogP contribution in [0.1, 0.15) is 10.4 Å². The van der Waals surface area contributed by atoms with Crippen molar-refractivity contribution in [1.82, 2.24) is 4.98 Å². The quantitative estimate of drug-likeness (QED) is 0.854. The van der Waals surface area contributed by atoms with E-state index in [0.29, 0.717) is 5.13 Å². The summed E-state index contributed by atoms with van der Waals surface area (Å²) in [5.74, 6) is 0. The summed E-state index contributed by atoms with van der Waals surface area (Å²) in [7, 11) is 0. The summed E-state index contributed by atoms with van der Waals surface area (Å²) in [6.45, 7) is 3.89. The first-order valence-corrected chi connectivity index (χ1v) is 6.03. The first kappa shape index (κ1) is 11.6. The molecule has 2 amide bonds. The summed E-state index contributed by atoms with van der Waals surface area (Å²) in [4.78, 5) is 16.8. The Labute approximate surface area is 104 Å². The Morgan fingerprint density at radius 3 is 2.65 bits per heavy atom. The van der Waals surface area contributed by atoms with Crippen molar-refractivity contribution >= 4 is 28.2 Å². The Morgan fingerprint density at radius 1 is 1.24 bits per heavy atom. The highest BCUT2D eigenvalue weighted by Crippen LogP contribution is 2.17. The largest absolute Gasteiger partial charge is 0.325 e. The van der Waals surface area contributed by atoms with Gasteiger partial charge in [-0.15, -0.1) is 11.3 Å². The Kier molecular flexibility index (Phi) is 3.39. The van der Waals surface area contributed by atoms with Crippen LogP contribution in [0.15, 0.2) is 30.5 Å². The molecule has 1 aromatic heterocycles. The van der Waals surface area contributed by atoms with Gasteiger partial charge in [0.2, 0.25) is 0 Å². The van der Waals surface area contributed by atoms with Gasteiger partial charge in [-0.3, -0.25) is 5.32 Å². The number of nitrogens with one attached hydrogen (secondary N) is 2. The molecule has 5 heteroatoms. The number of aryl methyl sites for hydroxylation is 2. The number of para-hydroxylation sites is 1. The fraction of sp³-hybridized carbons (Fsp3) is 0.167. The van der Waals surface area contributed by atoms with E-state index in [-0.39, 0.29) is 6.03 Å². The number of urea groups is 1. The van der Waals surface area contributed by atoms with Crippen LogP contribution in [0, 0.1) is 13.8 Å². The topological polar surface area (TPSA) is 54.0 Å². The molecule has 0 fully saturated rings. The molecule has 2 aromatic rings. The van der Waals surface area contributed by atoms with Crippen molar-refractivity contribution in [3.63, 3.8) is 0 Å². The number of benzene rings is 1. The van der Waals surface area contributed by atoms with Crippen molar-refractivity contribution in [2.75, 3.05) is 10.6 Å². The predicted molar refractivity (Wildman–Crippen MR) is 70.7 cm³/mol. The van der Waals surface area contributed by atoms with Crippen molar-refractivity contribution in [2.45, 2.75) is 13.8 Å². The molecule has 0 atom stereocenters. The lowest BCUT2D eigenvalue weighted by Crippen LogP contribution is -2.19. The molecule has 2 N–H and O–H groups in total. The second-order valence-corrected chi connectivity index (χ2v) is 4.90. The standard InChI is InChI=1S/C12H13N3OS/c1-8-5-3-4-6-10(8)14-11(16)15-12-13-7-9(2)17-12/h3-7H,1-2H3,(H2,13,14,15,16). The van der Waals surface area contributed by atoms with Gasteiger partial charge in [0.05, 0.1) is 0 Å². The molecule has 88 valence electrons. The summed E-state index contributed by atoms with van der Waals surface area (Å²) >= 11 is 1.45. The van der Waals surface area contributed by atoms with Crippen molar-refractivity contribution < 1.29 is 4.79 Å². The lowest BCUT2D eigenvalue weighted by atomic mass is 10.2. The maximum atomic E-state index is 11.7. The van der Waals surface area contributed by atoms with Gasteiger partial charge < -0.3 is 5.32 Å². The van der Waals surface area contributed by atoms with Crippen molar-refractivity contribution in [3.8, 4) is 0 Å². The van der Waals surface area contributed by atoms with Crippen LogP contribution in [-0.4, -0.2) is 11.0 Å². The monoisotopic (exact) mass is 247 g/mol. The van der Waals surface area contributed by atoms with Crippen molar-refractivity contribution in [1.29, 1.82) is 0 Å². The van der Waals surface area contributed by atoms with E-state index in [0.717, 1.165) is 16.1 Å². The van der Waals surface area contributed by atoms with Gasteiger partial charge in [-0.05, 0) is 25.5 Å². The van der Waals surface area contributed by atoms with Crippen molar-refractivity contribution in [3.05, 3.63) is 40.9 Å². The fourth-order valence-electron chi connectivity index (χ4n) is 1.38. The van der Waals surface area contributed by atoms with Crippen LogP contribution >= 0.6 is 11.3 Å². The SMILES string of the molecule is Cc1cnc(NC(=O)Nc2ccccc2C)s1. The van der Waals surface area contributed by atoms with Gasteiger partial charge in [0, 0.05) is 16.8 Å². The number of carbonyl (C=O) groups excluding carboxylic acids is 1. The highest BCUT2D eigenvalue weighted by molar-refractivity contribution is 7.15. The second kappa shape index (κ2) is 4.97. The van der Waals surface area contributed by atoms with Gasteiger partial charge in [-0.25, -0.2) is 9.78 Å². The number of nitrogens with zero attached hydrogens (tertiary/aromatic N) is 1. The molecule has 4 nitrogen and oxygen atoms in total. The highest BCUT2D eigenvalue weighted by atomic mass is 32.1. The van der Waals surface area contributed by atoms with Gasteiger partial charge in [-0.2, -0.15) is 0 Å². The molecule has 0 unspecified atom stereocenters. The smallest absolute Gasteiger partial charge is 0.307 e. The molecule has 0 aliphatic carbocycles. The average molecular weight is 247 g/mol. The van der Waals surface area contributed by atoms with Gasteiger partial charge in [-0.1, -0.05) is 18.2 Å². The number of hydrogen-bond acceptors (Lipinski definition) is 3. The summed E-state index contributed by atoms with van der Waals surface area (Å²) in [5.41, 5.74) is 1.83. The highest BCUT2D eigenvalue weighted by Gasteiger charge is 2.06. The zero-order chi connectivity index (χ0) is 12.3. The van der Waals surface area contributed by atoms with Crippen molar-refractivity contribution in [2.24, 2.45) is 0 Å². The minimum atomic E-state index is -0.270. The molecule has 2 rings (SSSR count). The van der Waals surface area contributed by atoms with Gasteiger partial charge in [0.1, 0.15) is 0 Å². The van der Waals surface area contributed by atoms with E-state index < -0.39 is 0 Å². The second-order valence-electron chi connectivity index (χ2n) is 3.67. The first-order chi connectivity index (χ1) is 8.15. The third-order valence-electron chi connectivity index (χ3n) is 2.24. The maximum Gasteiger partial charge on any atom is 0.325 e. The summed E-state index contributed by atoms with van der Waals surface area (Å²) < 4.78 is 0. The number of anilines is 2. The normalized spacial score (nSPS) is 10.0. The third kappa shape index (κ3) is 3.04. The molecular weight excluding hydrogens is 234 g/mol. The molecule has 0 aliphatic rings. The van der Waals surface area contributed by atoms with Gasteiger partial charge >= 0.3 is 6.03 Å². The summed E-state index contributed by atoms with van der Waals surface area (Å²) in [6.07, 6.45) is 1.73. The van der Waals surface area contributed by atoms with E-state index in [4.69, 9.17) is 0 Å². The van der Waals surface area contributed by atoms with Crippen LogP contribution in [0.25, 0.3) is 0 Å². The molecule has 0 saturated heterocycles. The number of carbonyl (C=O) groups is 1. The summed E-state index contributed by atoms with van der Waals surface area (Å²) in [6, 6.07) is 7.36. The van der Waals surface area contributed by atoms with E-state index in [1.54, 1.807) is 6.20 Å². The molecule has 17 heavy (non-hydrogen) atoms. The first-order valence-electron chi connectivity index (χ1n) is 5.21. The number of hydrogen-bond donors (Lipinski definition) is 2. The molecule has 0 spiro atoms. The van der Waals surface area contributed by atoms with Crippen LogP contribution < -0.4 is 10.6 Å². The average Bonchev–Trinajstić information content (AvgIpc) is 2.67. The summed E-state index contributed by atoms with van der Waals surface area (Å²) in [5, 5.41) is 6.09. The number of amides is 2. The van der Waals surface area contributed by atoms with Crippen LogP contribution in [0.3, 0.4) is 0 Å². The number of rotatable bonds is 2. The van der Waals surface area contributed by atoms with E-state index in [1.807, 2.05) is 38.1 Å². The molecule has 0 bridgehead atoms.